The molecule has 2 aliphatic heterocycles. The van der Waals surface area contributed by atoms with Gasteiger partial charge >= 0.3 is 0 Å². The Balaban J connectivity index is 1.11. The standard InChI is InChI=1S/C39H65NO7/c1-22-19-23(30(41)35(7,8)44)46-29-28(22)36(9)15-16-39-21-38(39)14-13-26(47-27-20-40(17-18-45-27)32(43)33(2,3)4)34(5,6)24(38)11-12-25(39)37(36,10)31(29)42/h22-31,41-42,44H,11-21H2,1-10H3/t22-,23?,24+,25?,26+,27+,28+,29?,30+,31+,36-,37-,38-,39?/m1/s1. The van der Waals surface area contributed by atoms with Crippen molar-refractivity contribution in [3.63, 3.8) is 0 Å². The van der Waals surface area contributed by atoms with Crippen molar-refractivity contribution in [2.24, 2.45) is 56.2 Å². The summed E-state index contributed by atoms with van der Waals surface area (Å²) in [5, 5.41) is 34.1. The number of amides is 1. The predicted octanol–water partition coefficient (Wildman–Crippen LogP) is 5.55. The third-order valence-corrected chi connectivity index (χ3v) is 16.1. The molecule has 268 valence electrons. The zero-order valence-corrected chi connectivity index (χ0v) is 31.0. The first-order valence-electron chi connectivity index (χ1n) is 19.0. The fourth-order valence-electron chi connectivity index (χ4n) is 13.8. The second-order valence-corrected chi connectivity index (χ2v) is 20.1. The number of carbonyl (C=O) groups is 1. The number of carbonyl (C=O) groups excluding carboxylic acids is 1. The van der Waals surface area contributed by atoms with Crippen LogP contribution in [0.4, 0.5) is 0 Å². The molecule has 0 aromatic carbocycles. The molecule has 0 bridgehead atoms. The smallest absolute Gasteiger partial charge is 0.228 e. The van der Waals surface area contributed by atoms with Crippen LogP contribution in [0.25, 0.3) is 0 Å². The molecule has 7 fully saturated rings. The van der Waals surface area contributed by atoms with Gasteiger partial charge in [0.1, 0.15) is 6.10 Å². The normalized spacial score (nSPS) is 51.2. The lowest BCUT2D eigenvalue weighted by Crippen LogP contribution is -2.60. The van der Waals surface area contributed by atoms with E-state index in [0.29, 0.717) is 43.9 Å². The van der Waals surface area contributed by atoms with Crippen molar-refractivity contribution in [3.8, 4) is 0 Å². The van der Waals surface area contributed by atoms with Crippen molar-refractivity contribution >= 4 is 5.91 Å². The summed E-state index contributed by atoms with van der Waals surface area (Å²) < 4.78 is 19.6. The van der Waals surface area contributed by atoms with Crippen molar-refractivity contribution in [1.29, 1.82) is 0 Å². The van der Waals surface area contributed by atoms with Gasteiger partial charge in [0.25, 0.3) is 0 Å². The monoisotopic (exact) mass is 659 g/mol. The van der Waals surface area contributed by atoms with Gasteiger partial charge in [0.05, 0.1) is 43.2 Å². The zero-order chi connectivity index (χ0) is 34.3. The van der Waals surface area contributed by atoms with Crippen LogP contribution in [0, 0.1) is 56.2 Å². The minimum Gasteiger partial charge on any atom is -0.390 e. The SMILES string of the molecule is C[C@@H]1CC([C@H](O)C(C)(C)O)OC2[C@H]1[C@@]1(C)CCC34C[C@@]35CC[C@H](O[C@H]3CN(C(=O)C(C)(C)C)CCO3)C(C)(C)[C@@H]5CCC4[C@]1(C)[C@H]2O. The molecule has 3 N–H and O–H groups in total. The lowest BCUT2D eigenvalue weighted by Gasteiger charge is -2.64. The summed E-state index contributed by atoms with van der Waals surface area (Å²) in [6.45, 7) is 22.8. The Morgan fingerprint density at radius 3 is 2.30 bits per heavy atom. The first-order chi connectivity index (χ1) is 21.6. The van der Waals surface area contributed by atoms with Gasteiger partial charge in [0, 0.05) is 17.4 Å². The highest BCUT2D eigenvalue weighted by molar-refractivity contribution is 5.81. The highest BCUT2D eigenvalue weighted by Gasteiger charge is 2.84. The lowest BCUT2D eigenvalue weighted by atomic mass is 9.41. The summed E-state index contributed by atoms with van der Waals surface area (Å²) in [5.74, 6) is 1.67. The maximum absolute atomic E-state index is 13.1. The van der Waals surface area contributed by atoms with Crippen molar-refractivity contribution < 1.29 is 34.3 Å². The summed E-state index contributed by atoms with van der Waals surface area (Å²) in [6.07, 6.45) is 6.01. The summed E-state index contributed by atoms with van der Waals surface area (Å²) >= 11 is 0. The van der Waals surface area contributed by atoms with Crippen LogP contribution in [0.3, 0.4) is 0 Å². The molecule has 2 heterocycles. The highest BCUT2D eigenvalue weighted by Crippen LogP contribution is 2.89. The minimum absolute atomic E-state index is 0.0194. The van der Waals surface area contributed by atoms with Gasteiger partial charge in [-0.2, -0.15) is 0 Å². The number of nitrogens with zero attached hydrogens (tertiary/aromatic N) is 1. The Labute approximate surface area is 283 Å². The number of ether oxygens (including phenoxy) is 3. The summed E-state index contributed by atoms with van der Waals surface area (Å²) in [4.78, 5) is 15.0. The van der Waals surface area contributed by atoms with Crippen molar-refractivity contribution in [1.82, 2.24) is 4.90 Å². The number of hydrogen-bond acceptors (Lipinski definition) is 7. The van der Waals surface area contributed by atoms with E-state index in [-0.39, 0.29) is 57.4 Å². The molecule has 2 saturated heterocycles. The van der Waals surface area contributed by atoms with Crippen LogP contribution < -0.4 is 0 Å². The van der Waals surface area contributed by atoms with E-state index >= 15 is 0 Å². The van der Waals surface area contributed by atoms with Gasteiger partial charge in [-0.15, -0.1) is 0 Å². The number of aliphatic hydroxyl groups is 3. The molecule has 47 heavy (non-hydrogen) atoms. The second-order valence-electron chi connectivity index (χ2n) is 20.1. The number of aliphatic hydroxyl groups excluding tert-OH is 2. The van der Waals surface area contributed by atoms with Gasteiger partial charge in [-0.25, -0.2) is 0 Å². The van der Waals surface area contributed by atoms with Gasteiger partial charge < -0.3 is 34.4 Å². The summed E-state index contributed by atoms with van der Waals surface area (Å²) in [6, 6.07) is 0. The van der Waals surface area contributed by atoms with E-state index in [1.807, 2.05) is 25.7 Å². The Hall–Kier alpha value is -0.770. The van der Waals surface area contributed by atoms with Gasteiger partial charge in [-0.3, -0.25) is 4.79 Å². The van der Waals surface area contributed by atoms with Crippen LogP contribution >= 0.6 is 0 Å². The van der Waals surface area contributed by atoms with Gasteiger partial charge in [0.2, 0.25) is 5.91 Å². The van der Waals surface area contributed by atoms with Crippen LogP contribution in [-0.4, -0.2) is 88.2 Å². The van der Waals surface area contributed by atoms with E-state index in [2.05, 4.69) is 34.6 Å². The van der Waals surface area contributed by atoms with E-state index in [1.54, 1.807) is 13.8 Å². The van der Waals surface area contributed by atoms with E-state index in [9.17, 15) is 20.1 Å². The Morgan fingerprint density at radius 2 is 1.64 bits per heavy atom. The summed E-state index contributed by atoms with van der Waals surface area (Å²) in [5.41, 5.74) is -1.48. The van der Waals surface area contributed by atoms with Crippen LogP contribution in [0.2, 0.25) is 0 Å². The molecule has 1 amide bonds. The maximum Gasteiger partial charge on any atom is 0.228 e. The Bertz CT molecular complexity index is 1260. The molecule has 4 unspecified atom stereocenters. The van der Waals surface area contributed by atoms with Crippen LogP contribution in [0.1, 0.15) is 121 Å². The van der Waals surface area contributed by atoms with Gasteiger partial charge in [0.15, 0.2) is 6.29 Å². The van der Waals surface area contributed by atoms with E-state index in [0.717, 1.165) is 32.1 Å². The van der Waals surface area contributed by atoms with Crippen molar-refractivity contribution in [3.05, 3.63) is 0 Å². The molecule has 0 aromatic heterocycles. The highest BCUT2D eigenvalue weighted by atomic mass is 16.7. The number of rotatable bonds is 4. The average molecular weight is 660 g/mol. The number of fused-ring (bicyclic) bond motifs is 4. The molecule has 2 spiro atoms. The van der Waals surface area contributed by atoms with E-state index < -0.39 is 29.3 Å². The topological polar surface area (TPSA) is 109 Å². The average Bonchev–Trinajstić information content (AvgIpc) is 3.61. The zero-order valence-electron chi connectivity index (χ0n) is 31.0. The Kier molecular flexibility index (Phi) is 7.84. The number of morpholine rings is 1. The fraction of sp³-hybridized carbons (Fsp3) is 0.974. The van der Waals surface area contributed by atoms with E-state index in [1.165, 1.54) is 12.8 Å². The molecule has 14 atom stereocenters. The molecule has 0 radical (unpaired) electrons. The molecular formula is C39H65NO7. The molecule has 7 aliphatic rings. The third-order valence-electron chi connectivity index (χ3n) is 16.1. The van der Waals surface area contributed by atoms with Crippen LogP contribution in [0.15, 0.2) is 0 Å². The first-order valence-corrected chi connectivity index (χ1v) is 19.0. The third kappa shape index (κ3) is 4.62. The molecule has 7 rings (SSSR count). The fourth-order valence-corrected chi connectivity index (χ4v) is 13.8. The lowest BCUT2D eigenvalue weighted by molar-refractivity contribution is -0.248. The molecule has 8 nitrogen and oxygen atoms in total. The molecule has 0 aromatic rings. The van der Waals surface area contributed by atoms with Crippen molar-refractivity contribution in [2.75, 3.05) is 19.7 Å². The van der Waals surface area contributed by atoms with Gasteiger partial charge in [-0.1, -0.05) is 55.4 Å². The van der Waals surface area contributed by atoms with Crippen LogP contribution in [-0.2, 0) is 19.0 Å². The quantitative estimate of drug-likeness (QED) is 0.363. The molecular weight excluding hydrogens is 594 g/mol. The van der Waals surface area contributed by atoms with Gasteiger partial charge in [-0.05, 0) is 111 Å². The van der Waals surface area contributed by atoms with Crippen LogP contribution in [0.5, 0.6) is 0 Å². The molecule has 5 saturated carbocycles. The first kappa shape index (κ1) is 34.7. The molecule has 5 aliphatic carbocycles. The van der Waals surface area contributed by atoms with Crippen molar-refractivity contribution in [2.45, 2.75) is 163 Å². The van der Waals surface area contributed by atoms with E-state index in [4.69, 9.17) is 14.2 Å². The largest absolute Gasteiger partial charge is 0.390 e. The Morgan fingerprint density at radius 1 is 0.979 bits per heavy atom. The predicted molar refractivity (Wildman–Crippen MR) is 179 cm³/mol. The second kappa shape index (κ2) is 10.6. The number of hydrogen-bond donors (Lipinski definition) is 3. The maximum atomic E-state index is 13.1. The minimum atomic E-state index is -1.26. The molecule has 8 heteroatoms. The summed E-state index contributed by atoms with van der Waals surface area (Å²) in [7, 11) is 0.